The number of carbonyl (C=O) groups is 1. The van der Waals surface area contributed by atoms with Crippen LogP contribution in [-0.2, 0) is 16.0 Å². The molecule has 1 aromatic heterocycles. The Morgan fingerprint density at radius 1 is 1.20 bits per heavy atom. The van der Waals surface area contributed by atoms with Gasteiger partial charge in [0.25, 0.3) is 5.56 Å². The van der Waals surface area contributed by atoms with E-state index in [4.69, 9.17) is 4.74 Å². The molecule has 0 aliphatic rings. The first-order valence-electron chi connectivity index (χ1n) is 8.60. The van der Waals surface area contributed by atoms with Gasteiger partial charge in [0.1, 0.15) is 0 Å². The van der Waals surface area contributed by atoms with E-state index in [1.54, 1.807) is 17.8 Å². The van der Waals surface area contributed by atoms with Gasteiger partial charge >= 0.3 is 5.97 Å². The number of hydrogen-bond donors (Lipinski definition) is 1. The van der Waals surface area contributed by atoms with E-state index in [-0.39, 0.29) is 11.5 Å². The molecule has 2 aromatic rings. The molecule has 2 rings (SSSR count). The van der Waals surface area contributed by atoms with Crippen LogP contribution in [0.15, 0.2) is 46.3 Å². The first-order chi connectivity index (χ1) is 12.2. The topological polar surface area (TPSA) is 72.0 Å². The Balaban J connectivity index is 1.76. The highest BCUT2D eigenvalue weighted by Gasteiger charge is 2.04. The zero-order valence-electron chi connectivity index (χ0n) is 14.5. The third-order valence-corrected chi connectivity index (χ3v) is 4.53. The smallest absolute Gasteiger partial charge is 0.305 e. The SMILES string of the molecule is CCOC(=O)CCCCCSc1nc(Cc2ccccc2)cc(=O)[nH]1. The van der Waals surface area contributed by atoms with Crippen molar-refractivity contribution in [3.8, 4) is 0 Å². The number of nitrogens with one attached hydrogen (secondary N) is 1. The van der Waals surface area contributed by atoms with Gasteiger partial charge in [0.2, 0.25) is 0 Å². The molecule has 0 spiro atoms. The van der Waals surface area contributed by atoms with Crippen LogP contribution in [0.5, 0.6) is 0 Å². The number of unbranched alkanes of at least 4 members (excludes halogenated alkanes) is 2. The number of hydrogen-bond acceptors (Lipinski definition) is 5. The Morgan fingerprint density at radius 3 is 2.76 bits per heavy atom. The molecule has 0 radical (unpaired) electrons. The third-order valence-electron chi connectivity index (χ3n) is 3.57. The predicted octanol–water partition coefficient (Wildman–Crippen LogP) is 3.58. The van der Waals surface area contributed by atoms with E-state index in [2.05, 4.69) is 9.97 Å². The minimum absolute atomic E-state index is 0.120. The summed E-state index contributed by atoms with van der Waals surface area (Å²) in [5.41, 5.74) is 1.79. The van der Waals surface area contributed by atoms with Crippen molar-refractivity contribution < 1.29 is 9.53 Å². The van der Waals surface area contributed by atoms with Crippen molar-refractivity contribution in [3.05, 3.63) is 58.0 Å². The van der Waals surface area contributed by atoms with E-state index in [1.165, 1.54) is 0 Å². The zero-order chi connectivity index (χ0) is 17.9. The fourth-order valence-electron chi connectivity index (χ4n) is 2.40. The average Bonchev–Trinajstić information content (AvgIpc) is 2.58. The molecular formula is C19H24N2O3S. The Kier molecular flexibility index (Phi) is 8.25. The van der Waals surface area contributed by atoms with Crippen LogP contribution >= 0.6 is 11.8 Å². The lowest BCUT2D eigenvalue weighted by Crippen LogP contribution is -2.10. The van der Waals surface area contributed by atoms with Gasteiger partial charge in [-0.1, -0.05) is 48.5 Å². The van der Waals surface area contributed by atoms with Crippen LogP contribution in [0.4, 0.5) is 0 Å². The summed E-state index contributed by atoms with van der Waals surface area (Å²) < 4.78 is 4.90. The summed E-state index contributed by atoms with van der Waals surface area (Å²) in [6.45, 7) is 2.25. The summed E-state index contributed by atoms with van der Waals surface area (Å²) in [5.74, 6) is 0.732. The maximum absolute atomic E-state index is 11.8. The number of carbonyl (C=O) groups excluding carboxylic acids is 1. The molecule has 0 saturated heterocycles. The number of rotatable bonds is 10. The number of H-pyrrole nitrogens is 1. The summed E-state index contributed by atoms with van der Waals surface area (Å²) in [6, 6.07) is 11.5. The van der Waals surface area contributed by atoms with Crippen molar-refractivity contribution in [1.29, 1.82) is 0 Å². The van der Waals surface area contributed by atoms with Gasteiger partial charge < -0.3 is 9.72 Å². The van der Waals surface area contributed by atoms with E-state index < -0.39 is 0 Å². The molecular weight excluding hydrogens is 336 g/mol. The predicted molar refractivity (Wildman–Crippen MR) is 99.9 cm³/mol. The van der Waals surface area contributed by atoms with E-state index in [9.17, 15) is 9.59 Å². The molecule has 1 heterocycles. The molecule has 1 aromatic carbocycles. The van der Waals surface area contributed by atoms with Gasteiger partial charge in [-0.05, 0) is 25.3 Å². The summed E-state index contributed by atoms with van der Waals surface area (Å²) in [5, 5.41) is 0.656. The molecule has 0 unspecified atom stereocenters. The molecule has 6 heteroatoms. The zero-order valence-corrected chi connectivity index (χ0v) is 15.3. The summed E-state index contributed by atoms with van der Waals surface area (Å²) >= 11 is 1.55. The Morgan fingerprint density at radius 2 is 2.00 bits per heavy atom. The molecule has 1 N–H and O–H groups in total. The van der Waals surface area contributed by atoms with Crippen molar-refractivity contribution in [1.82, 2.24) is 9.97 Å². The normalized spacial score (nSPS) is 10.6. The lowest BCUT2D eigenvalue weighted by Gasteiger charge is -2.05. The number of aromatic nitrogens is 2. The first kappa shape index (κ1) is 19.2. The summed E-state index contributed by atoms with van der Waals surface area (Å²) in [7, 11) is 0. The fraction of sp³-hybridized carbons (Fsp3) is 0.421. The Bertz CT molecular complexity index is 716. The lowest BCUT2D eigenvalue weighted by atomic mass is 10.1. The monoisotopic (exact) mass is 360 g/mol. The molecule has 25 heavy (non-hydrogen) atoms. The Hall–Kier alpha value is -2.08. The second-order valence-electron chi connectivity index (χ2n) is 5.67. The maximum Gasteiger partial charge on any atom is 0.305 e. The second-order valence-corrected chi connectivity index (χ2v) is 6.75. The molecule has 0 amide bonds. The van der Waals surface area contributed by atoms with Gasteiger partial charge in [0.05, 0.1) is 12.3 Å². The second kappa shape index (κ2) is 10.7. The molecule has 0 aliphatic heterocycles. The first-order valence-corrected chi connectivity index (χ1v) is 9.58. The van der Waals surface area contributed by atoms with Crippen LogP contribution in [0.2, 0.25) is 0 Å². The van der Waals surface area contributed by atoms with Crippen molar-refractivity contribution in [2.75, 3.05) is 12.4 Å². The van der Waals surface area contributed by atoms with Crippen LogP contribution in [0, 0.1) is 0 Å². The molecule has 0 bridgehead atoms. The quantitative estimate of drug-likeness (QED) is 0.303. The van der Waals surface area contributed by atoms with E-state index >= 15 is 0 Å². The van der Waals surface area contributed by atoms with Gasteiger partial charge in [-0.15, -0.1) is 0 Å². The molecule has 134 valence electrons. The molecule has 5 nitrogen and oxygen atoms in total. The van der Waals surface area contributed by atoms with Crippen molar-refractivity contribution >= 4 is 17.7 Å². The van der Waals surface area contributed by atoms with Crippen molar-refractivity contribution in [2.45, 2.75) is 44.2 Å². The Labute approximate surface area is 152 Å². The van der Waals surface area contributed by atoms with Gasteiger partial charge in [-0.3, -0.25) is 9.59 Å². The minimum atomic E-state index is -0.130. The highest BCUT2D eigenvalue weighted by atomic mass is 32.2. The van der Waals surface area contributed by atoms with E-state index in [0.29, 0.717) is 24.6 Å². The minimum Gasteiger partial charge on any atom is -0.466 e. The number of ether oxygens (including phenoxy) is 1. The van der Waals surface area contributed by atoms with Crippen LogP contribution < -0.4 is 5.56 Å². The lowest BCUT2D eigenvalue weighted by molar-refractivity contribution is -0.143. The van der Waals surface area contributed by atoms with Crippen LogP contribution in [0.3, 0.4) is 0 Å². The van der Waals surface area contributed by atoms with E-state index in [1.807, 2.05) is 37.3 Å². The van der Waals surface area contributed by atoms with Crippen molar-refractivity contribution in [3.63, 3.8) is 0 Å². The maximum atomic E-state index is 11.8. The number of esters is 1. The largest absolute Gasteiger partial charge is 0.466 e. The van der Waals surface area contributed by atoms with Gasteiger partial charge in [-0.25, -0.2) is 4.98 Å². The van der Waals surface area contributed by atoms with Crippen LogP contribution in [0.1, 0.15) is 43.9 Å². The summed E-state index contributed by atoms with van der Waals surface area (Å²) in [6.07, 6.45) is 3.88. The molecule has 0 aliphatic carbocycles. The fourth-order valence-corrected chi connectivity index (χ4v) is 3.29. The third kappa shape index (κ3) is 7.56. The highest BCUT2D eigenvalue weighted by molar-refractivity contribution is 7.99. The highest BCUT2D eigenvalue weighted by Crippen LogP contribution is 2.16. The van der Waals surface area contributed by atoms with Crippen molar-refractivity contribution in [2.24, 2.45) is 0 Å². The van der Waals surface area contributed by atoms with E-state index in [0.717, 1.165) is 36.3 Å². The number of thioether (sulfide) groups is 1. The standard InChI is InChI=1S/C19H24N2O3S/c1-2-24-18(23)11-7-4-8-12-25-19-20-16(14-17(22)21-19)13-15-9-5-3-6-10-15/h3,5-6,9-10,14H,2,4,7-8,11-13H2,1H3,(H,20,21,22). The molecule has 0 atom stereocenters. The number of benzene rings is 1. The molecule has 0 fully saturated rings. The van der Waals surface area contributed by atoms with Gasteiger partial charge in [0, 0.05) is 24.7 Å². The number of nitrogens with zero attached hydrogens (tertiary/aromatic N) is 1. The molecule has 0 saturated carbocycles. The number of aromatic amines is 1. The van der Waals surface area contributed by atoms with Crippen LogP contribution in [0.25, 0.3) is 0 Å². The average molecular weight is 360 g/mol. The van der Waals surface area contributed by atoms with Crippen LogP contribution in [-0.4, -0.2) is 28.3 Å². The van der Waals surface area contributed by atoms with Gasteiger partial charge in [-0.2, -0.15) is 0 Å². The van der Waals surface area contributed by atoms with Gasteiger partial charge in [0.15, 0.2) is 5.16 Å². The summed E-state index contributed by atoms with van der Waals surface area (Å²) in [4.78, 5) is 30.4.